The van der Waals surface area contributed by atoms with E-state index in [1.54, 1.807) is 18.2 Å². The number of rotatable bonds is 4. The summed E-state index contributed by atoms with van der Waals surface area (Å²) in [4.78, 5) is 11.6. The lowest BCUT2D eigenvalue weighted by molar-refractivity contribution is 0.0601. The van der Waals surface area contributed by atoms with E-state index >= 15 is 0 Å². The molecule has 2 aromatic carbocycles. The average molecular weight is 271 g/mol. The highest BCUT2D eigenvalue weighted by Gasteiger charge is 2.11. The van der Waals surface area contributed by atoms with Crippen LogP contribution in [0, 0.1) is 0 Å². The molecule has 0 heterocycles. The van der Waals surface area contributed by atoms with Crippen LogP contribution >= 0.6 is 0 Å². The number of nitrogen functional groups attached to an aromatic ring is 1. The van der Waals surface area contributed by atoms with E-state index in [2.05, 4.69) is 11.7 Å². The molecule has 0 atom stereocenters. The third kappa shape index (κ3) is 3.09. The summed E-state index contributed by atoms with van der Waals surface area (Å²) in [6, 6.07) is 12.7. The first kappa shape index (κ1) is 13.9. The van der Waals surface area contributed by atoms with Gasteiger partial charge in [-0.3, -0.25) is 0 Å². The molecule has 0 unspecified atom stereocenters. The minimum atomic E-state index is -0.478. The molecular weight excluding hydrogens is 254 g/mol. The van der Waals surface area contributed by atoms with E-state index in [-0.39, 0.29) is 0 Å². The van der Waals surface area contributed by atoms with Gasteiger partial charge in [0.15, 0.2) is 0 Å². The van der Waals surface area contributed by atoms with Crippen molar-refractivity contribution in [3.8, 4) is 11.5 Å². The van der Waals surface area contributed by atoms with Crippen LogP contribution in [0.5, 0.6) is 11.5 Å². The Labute approximate surface area is 118 Å². The molecule has 0 saturated carbocycles. The van der Waals surface area contributed by atoms with E-state index < -0.39 is 5.97 Å². The molecule has 4 nitrogen and oxygen atoms in total. The molecule has 0 spiro atoms. The van der Waals surface area contributed by atoms with Gasteiger partial charge in [-0.25, -0.2) is 4.79 Å². The molecule has 0 bridgehead atoms. The lowest BCUT2D eigenvalue weighted by Gasteiger charge is -2.09. The molecule has 2 rings (SSSR count). The predicted octanol–water partition coefficient (Wildman–Crippen LogP) is 3.41. The zero-order valence-electron chi connectivity index (χ0n) is 11.6. The van der Waals surface area contributed by atoms with Gasteiger partial charge in [0, 0.05) is 5.69 Å². The molecule has 0 saturated heterocycles. The summed E-state index contributed by atoms with van der Waals surface area (Å²) in [6.07, 6.45) is 0.981. The Bertz CT molecular complexity index is 606. The van der Waals surface area contributed by atoms with Gasteiger partial charge in [-0.05, 0) is 42.3 Å². The maximum Gasteiger partial charge on any atom is 0.340 e. The summed E-state index contributed by atoms with van der Waals surface area (Å²) in [7, 11) is 1.32. The van der Waals surface area contributed by atoms with Gasteiger partial charge in [-0.2, -0.15) is 0 Å². The van der Waals surface area contributed by atoms with Gasteiger partial charge in [-0.1, -0.05) is 19.1 Å². The van der Waals surface area contributed by atoms with E-state index in [1.165, 1.54) is 12.7 Å². The lowest BCUT2D eigenvalue weighted by Crippen LogP contribution is -2.05. The molecule has 4 heteroatoms. The Kier molecular flexibility index (Phi) is 4.25. The highest BCUT2D eigenvalue weighted by Crippen LogP contribution is 2.26. The fraction of sp³-hybridized carbons (Fsp3) is 0.188. The first-order valence-corrected chi connectivity index (χ1v) is 6.38. The number of aryl methyl sites for hydroxylation is 1. The van der Waals surface area contributed by atoms with Crippen molar-refractivity contribution in [2.24, 2.45) is 0 Å². The van der Waals surface area contributed by atoms with E-state index in [9.17, 15) is 4.79 Å². The molecule has 2 aromatic rings. The Balaban J connectivity index is 2.22. The van der Waals surface area contributed by atoms with Crippen LogP contribution in [-0.2, 0) is 11.2 Å². The van der Waals surface area contributed by atoms with Gasteiger partial charge in [0.25, 0.3) is 0 Å². The van der Waals surface area contributed by atoms with Crippen molar-refractivity contribution in [3.05, 3.63) is 53.6 Å². The van der Waals surface area contributed by atoms with Crippen LogP contribution < -0.4 is 10.5 Å². The molecule has 104 valence electrons. The predicted molar refractivity (Wildman–Crippen MR) is 78.1 cm³/mol. The van der Waals surface area contributed by atoms with Crippen molar-refractivity contribution in [1.82, 2.24) is 0 Å². The van der Waals surface area contributed by atoms with Crippen molar-refractivity contribution in [2.75, 3.05) is 12.8 Å². The highest BCUT2D eigenvalue weighted by atomic mass is 16.5. The van der Waals surface area contributed by atoms with Gasteiger partial charge in [-0.15, -0.1) is 0 Å². The second-order valence-electron chi connectivity index (χ2n) is 4.34. The first-order chi connectivity index (χ1) is 9.63. The average Bonchev–Trinajstić information content (AvgIpc) is 2.49. The number of esters is 1. The fourth-order valence-electron chi connectivity index (χ4n) is 1.81. The third-order valence-electron chi connectivity index (χ3n) is 3.00. The number of hydrogen-bond donors (Lipinski definition) is 1. The molecule has 20 heavy (non-hydrogen) atoms. The number of carbonyl (C=O) groups excluding carboxylic acids is 1. The Hall–Kier alpha value is -2.49. The highest BCUT2D eigenvalue weighted by molar-refractivity contribution is 5.95. The van der Waals surface area contributed by atoms with E-state index in [0.29, 0.717) is 22.7 Å². The number of ether oxygens (including phenoxy) is 2. The standard InChI is InChI=1S/C16H17NO3/c1-3-11-4-6-12(7-5-11)20-13-8-9-15(17)14(10-13)16(18)19-2/h4-10H,3,17H2,1-2H3. The molecule has 0 radical (unpaired) electrons. The van der Waals surface area contributed by atoms with Crippen molar-refractivity contribution in [1.29, 1.82) is 0 Å². The third-order valence-corrected chi connectivity index (χ3v) is 3.00. The van der Waals surface area contributed by atoms with E-state index in [4.69, 9.17) is 10.5 Å². The number of hydrogen-bond acceptors (Lipinski definition) is 4. The number of methoxy groups -OCH3 is 1. The normalized spacial score (nSPS) is 10.1. The smallest absolute Gasteiger partial charge is 0.340 e. The van der Waals surface area contributed by atoms with Crippen molar-refractivity contribution in [3.63, 3.8) is 0 Å². The summed E-state index contributed by atoms with van der Waals surface area (Å²) in [5, 5.41) is 0. The molecular formula is C16H17NO3. The minimum absolute atomic E-state index is 0.301. The van der Waals surface area contributed by atoms with Crippen LogP contribution in [0.2, 0.25) is 0 Å². The maximum absolute atomic E-state index is 11.6. The number of benzene rings is 2. The molecule has 0 aliphatic heterocycles. The van der Waals surface area contributed by atoms with E-state index in [1.807, 2.05) is 24.3 Å². The molecule has 2 N–H and O–H groups in total. The van der Waals surface area contributed by atoms with Gasteiger partial charge in [0.1, 0.15) is 11.5 Å². The maximum atomic E-state index is 11.6. The molecule has 0 aromatic heterocycles. The molecule has 0 aliphatic rings. The van der Waals surface area contributed by atoms with Crippen LogP contribution in [0.4, 0.5) is 5.69 Å². The summed E-state index contributed by atoms with van der Waals surface area (Å²) in [5.74, 6) is 0.779. The van der Waals surface area contributed by atoms with Crippen LogP contribution in [0.1, 0.15) is 22.8 Å². The second-order valence-corrected chi connectivity index (χ2v) is 4.34. The zero-order chi connectivity index (χ0) is 14.5. The van der Waals surface area contributed by atoms with Gasteiger partial charge >= 0.3 is 5.97 Å². The zero-order valence-corrected chi connectivity index (χ0v) is 11.6. The number of carbonyl (C=O) groups is 1. The number of anilines is 1. The van der Waals surface area contributed by atoms with Gasteiger partial charge < -0.3 is 15.2 Å². The second kappa shape index (κ2) is 6.10. The molecule has 0 aliphatic carbocycles. The van der Waals surface area contributed by atoms with Crippen LogP contribution in [0.3, 0.4) is 0 Å². The quantitative estimate of drug-likeness (QED) is 0.683. The number of nitrogens with two attached hydrogens (primary N) is 1. The molecule has 0 amide bonds. The van der Waals surface area contributed by atoms with Crippen molar-refractivity contribution in [2.45, 2.75) is 13.3 Å². The lowest BCUT2D eigenvalue weighted by atomic mass is 10.1. The van der Waals surface area contributed by atoms with E-state index in [0.717, 1.165) is 6.42 Å². The Morgan fingerprint density at radius 1 is 1.10 bits per heavy atom. The summed E-state index contributed by atoms with van der Waals surface area (Å²) in [6.45, 7) is 2.10. The molecule has 0 fully saturated rings. The van der Waals surface area contributed by atoms with Crippen LogP contribution in [-0.4, -0.2) is 13.1 Å². The SMILES string of the molecule is CCc1ccc(Oc2ccc(N)c(C(=O)OC)c2)cc1. The largest absolute Gasteiger partial charge is 0.465 e. The van der Waals surface area contributed by atoms with Crippen LogP contribution in [0.15, 0.2) is 42.5 Å². The van der Waals surface area contributed by atoms with Crippen molar-refractivity contribution < 1.29 is 14.3 Å². The first-order valence-electron chi connectivity index (χ1n) is 6.38. The van der Waals surface area contributed by atoms with Crippen molar-refractivity contribution >= 4 is 11.7 Å². The monoisotopic (exact) mass is 271 g/mol. The summed E-state index contributed by atoms with van der Waals surface area (Å²) >= 11 is 0. The summed E-state index contributed by atoms with van der Waals surface area (Å²) in [5.41, 5.74) is 7.65. The van der Waals surface area contributed by atoms with Gasteiger partial charge in [0.05, 0.1) is 12.7 Å². The minimum Gasteiger partial charge on any atom is -0.465 e. The topological polar surface area (TPSA) is 61.5 Å². The fourth-order valence-corrected chi connectivity index (χ4v) is 1.81. The van der Waals surface area contributed by atoms with Gasteiger partial charge in [0.2, 0.25) is 0 Å². The van der Waals surface area contributed by atoms with Crippen LogP contribution in [0.25, 0.3) is 0 Å². The Morgan fingerprint density at radius 2 is 1.75 bits per heavy atom. The summed E-state index contributed by atoms with van der Waals surface area (Å²) < 4.78 is 10.4. The Morgan fingerprint density at radius 3 is 2.35 bits per heavy atom.